The van der Waals surface area contributed by atoms with Gasteiger partial charge in [0.25, 0.3) is 0 Å². The molecule has 0 heterocycles. The molecular weight excluding hydrogens is 449 g/mol. The number of halogens is 2. The Morgan fingerprint density at radius 3 is 2.32 bits per heavy atom. The number of unbranched alkanes of at least 4 members (excludes halogenated alkanes) is 3. The molecule has 0 spiro atoms. The van der Waals surface area contributed by atoms with Gasteiger partial charge in [0.05, 0.1) is 15.7 Å². The van der Waals surface area contributed by atoms with Crippen LogP contribution >= 0.6 is 35.0 Å². The van der Waals surface area contributed by atoms with Gasteiger partial charge in [-0.15, -0.1) is 0 Å². The third-order valence-electron chi connectivity index (χ3n) is 6.02. The molecule has 0 saturated heterocycles. The van der Waals surface area contributed by atoms with Crippen molar-refractivity contribution in [2.24, 2.45) is 17.3 Å². The van der Waals surface area contributed by atoms with E-state index in [0.717, 1.165) is 37.4 Å². The molecule has 1 fully saturated rings. The van der Waals surface area contributed by atoms with Crippen molar-refractivity contribution in [3.05, 3.63) is 22.2 Å². The number of benzene rings is 1. The minimum Gasteiger partial charge on any atom is -0.325 e. The van der Waals surface area contributed by atoms with Gasteiger partial charge in [0, 0.05) is 16.2 Å². The molecule has 31 heavy (non-hydrogen) atoms. The second-order valence-electron chi connectivity index (χ2n) is 9.75. The van der Waals surface area contributed by atoms with Crippen LogP contribution in [0.25, 0.3) is 0 Å². The molecule has 1 unspecified atom stereocenters. The number of rotatable bonds is 9. The van der Waals surface area contributed by atoms with Crippen LogP contribution in [-0.2, 0) is 9.59 Å². The third-order valence-corrected chi connectivity index (χ3v) is 8.10. The number of carbonyl (C=O) groups excluding carboxylic acids is 2. The van der Waals surface area contributed by atoms with Crippen LogP contribution in [-0.4, -0.2) is 11.0 Å². The van der Waals surface area contributed by atoms with E-state index >= 15 is 0 Å². The summed E-state index contributed by atoms with van der Waals surface area (Å²) < 4.78 is 0. The van der Waals surface area contributed by atoms with Crippen molar-refractivity contribution in [3.63, 3.8) is 0 Å². The average molecular weight is 487 g/mol. The fraction of sp³-hybridized carbons (Fsp3) is 0.680. The molecule has 1 saturated carbocycles. The van der Waals surface area contributed by atoms with E-state index in [1.165, 1.54) is 38.5 Å². The topological polar surface area (TPSA) is 46.2 Å². The molecule has 0 aliphatic heterocycles. The Bertz CT molecular complexity index is 755. The lowest BCUT2D eigenvalue weighted by Crippen LogP contribution is -2.31. The fourth-order valence-corrected chi connectivity index (χ4v) is 5.39. The highest BCUT2D eigenvalue weighted by atomic mass is 35.5. The van der Waals surface area contributed by atoms with Crippen molar-refractivity contribution in [3.8, 4) is 0 Å². The summed E-state index contributed by atoms with van der Waals surface area (Å²) in [6.07, 6.45) is 11.5. The highest BCUT2D eigenvalue weighted by Gasteiger charge is 2.30. The summed E-state index contributed by atoms with van der Waals surface area (Å²) in [5.41, 5.74) is 0.0819. The van der Waals surface area contributed by atoms with Gasteiger partial charge in [0.1, 0.15) is 0 Å². The van der Waals surface area contributed by atoms with Crippen LogP contribution in [0.5, 0.6) is 0 Å². The maximum atomic E-state index is 13.4. The summed E-state index contributed by atoms with van der Waals surface area (Å²) in [5.74, 6) is 0.486. The number of hydrogen-bond acceptors (Lipinski definition) is 3. The number of carbonyl (C=O) groups is 2. The van der Waals surface area contributed by atoms with Gasteiger partial charge in [-0.1, -0.05) is 95.8 Å². The number of nitrogens with one attached hydrogen (secondary N) is 1. The van der Waals surface area contributed by atoms with Gasteiger partial charge < -0.3 is 5.32 Å². The van der Waals surface area contributed by atoms with E-state index in [4.69, 9.17) is 23.2 Å². The van der Waals surface area contributed by atoms with Gasteiger partial charge in [-0.3, -0.25) is 9.59 Å². The second-order valence-corrected chi connectivity index (χ2v) is 11.6. The Labute approximate surface area is 202 Å². The molecule has 3 nitrogen and oxygen atoms in total. The van der Waals surface area contributed by atoms with Crippen molar-refractivity contribution in [2.45, 2.75) is 96.8 Å². The fourth-order valence-electron chi connectivity index (χ4n) is 4.10. The lowest BCUT2D eigenvalue weighted by atomic mass is 9.77. The van der Waals surface area contributed by atoms with Crippen molar-refractivity contribution in [1.82, 2.24) is 0 Å². The zero-order valence-electron chi connectivity index (χ0n) is 19.4. The number of amides is 1. The molecule has 1 aliphatic carbocycles. The van der Waals surface area contributed by atoms with E-state index in [1.54, 1.807) is 12.1 Å². The summed E-state index contributed by atoms with van der Waals surface area (Å²) in [7, 11) is 0. The molecule has 2 rings (SSSR count). The summed E-state index contributed by atoms with van der Waals surface area (Å²) in [6.45, 7) is 7.85. The lowest BCUT2D eigenvalue weighted by molar-refractivity contribution is -0.122. The van der Waals surface area contributed by atoms with Crippen LogP contribution in [0.3, 0.4) is 0 Å². The minimum absolute atomic E-state index is 0.00257. The first kappa shape index (κ1) is 26.5. The van der Waals surface area contributed by atoms with Crippen molar-refractivity contribution in [1.29, 1.82) is 0 Å². The highest BCUT2D eigenvalue weighted by Crippen LogP contribution is 2.40. The Kier molecular flexibility index (Phi) is 10.7. The van der Waals surface area contributed by atoms with Crippen LogP contribution in [0, 0.1) is 17.3 Å². The molecule has 6 heteroatoms. The van der Waals surface area contributed by atoms with Gasteiger partial charge in [-0.25, -0.2) is 0 Å². The summed E-state index contributed by atoms with van der Waals surface area (Å²) in [6, 6.07) is 3.36. The lowest BCUT2D eigenvalue weighted by Gasteiger charge is -2.30. The standard InChI is InChI=1S/C25H37Cl2NO2S/c1-5-6-7-11-14-18(17-12-9-8-10-13-17)23(29)28-21-15-19(26)20(27)16-22(21)31-24(30)25(2,3)4/h15-18H,5-14H2,1-4H3,(H,28,29). The normalized spacial score (nSPS) is 16.2. The largest absolute Gasteiger partial charge is 0.325 e. The van der Waals surface area contributed by atoms with Crippen molar-refractivity contribution >= 4 is 51.7 Å². The van der Waals surface area contributed by atoms with E-state index in [1.807, 2.05) is 20.8 Å². The minimum atomic E-state index is -0.498. The quantitative estimate of drug-likeness (QED) is 0.280. The molecule has 1 N–H and O–H groups in total. The predicted molar refractivity (Wildman–Crippen MR) is 134 cm³/mol. The maximum Gasteiger partial charge on any atom is 0.227 e. The van der Waals surface area contributed by atoms with E-state index in [-0.39, 0.29) is 16.9 Å². The Morgan fingerprint density at radius 1 is 1.06 bits per heavy atom. The molecule has 0 radical (unpaired) electrons. The zero-order chi connectivity index (χ0) is 23.0. The summed E-state index contributed by atoms with van der Waals surface area (Å²) >= 11 is 13.6. The van der Waals surface area contributed by atoms with Gasteiger partial charge in [0.15, 0.2) is 5.12 Å². The first-order chi connectivity index (χ1) is 14.6. The zero-order valence-corrected chi connectivity index (χ0v) is 21.7. The molecule has 174 valence electrons. The molecule has 1 aromatic rings. The smallest absolute Gasteiger partial charge is 0.227 e. The second kappa shape index (κ2) is 12.5. The molecule has 0 bridgehead atoms. The molecule has 0 aromatic heterocycles. The first-order valence-electron chi connectivity index (χ1n) is 11.7. The summed E-state index contributed by atoms with van der Waals surface area (Å²) in [5, 5.41) is 3.90. The number of hydrogen-bond donors (Lipinski definition) is 1. The third kappa shape index (κ3) is 8.29. The summed E-state index contributed by atoms with van der Waals surface area (Å²) in [4.78, 5) is 26.7. The number of thioether (sulfide) groups is 1. The predicted octanol–water partition coefficient (Wildman–Crippen LogP) is 8.76. The van der Waals surface area contributed by atoms with Crippen molar-refractivity contribution in [2.75, 3.05) is 5.32 Å². The van der Waals surface area contributed by atoms with Gasteiger partial charge in [0.2, 0.25) is 5.91 Å². The Morgan fingerprint density at radius 2 is 1.71 bits per heavy atom. The molecule has 1 aliphatic rings. The highest BCUT2D eigenvalue weighted by molar-refractivity contribution is 8.13. The molecule has 1 amide bonds. The van der Waals surface area contributed by atoms with Crippen LogP contribution in [0.1, 0.15) is 91.9 Å². The van der Waals surface area contributed by atoms with Gasteiger partial charge >= 0.3 is 0 Å². The van der Waals surface area contributed by atoms with Gasteiger partial charge in [-0.2, -0.15) is 0 Å². The van der Waals surface area contributed by atoms with Crippen molar-refractivity contribution < 1.29 is 9.59 Å². The van der Waals surface area contributed by atoms with E-state index < -0.39 is 5.41 Å². The molecular formula is C25H37Cl2NO2S. The first-order valence-corrected chi connectivity index (χ1v) is 13.2. The molecule has 1 aromatic carbocycles. The number of anilines is 1. The van der Waals surface area contributed by atoms with E-state index in [2.05, 4.69) is 12.2 Å². The SMILES string of the molecule is CCCCCCC(C(=O)Nc1cc(Cl)c(Cl)cc1SC(=O)C(C)(C)C)C1CCCCC1. The molecule has 1 atom stereocenters. The van der Waals surface area contributed by atoms with Crippen LogP contribution in [0.4, 0.5) is 5.69 Å². The maximum absolute atomic E-state index is 13.4. The van der Waals surface area contributed by atoms with E-state index in [0.29, 0.717) is 26.5 Å². The van der Waals surface area contributed by atoms with Crippen LogP contribution in [0.2, 0.25) is 10.0 Å². The monoisotopic (exact) mass is 485 g/mol. The van der Waals surface area contributed by atoms with Crippen LogP contribution in [0.15, 0.2) is 17.0 Å². The average Bonchev–Trinajstić information content (AvgIpc) is 2.71. The van der Waals surface area contributed by atoms with Gasteiger partial charge in [-0.05, 0) is 49.1 Å². The Balaban J connectivity index is 2.22. The Hall–Kier alpha value is -0.710. The van der Waals surface area contributed by atoms with E-state index in [9.17, 15) is 9.59 Å². The van der Waals surface area contributed by atoms with Crippen LogP contribution < -0.4 is 5.32 Å².